The Hall–Kier alpha value is -0.0800. The van der Waals surface area contributed by atoms with E-state index in [4.69, 9.17) is 0 Å². The van der Waals surface area contributed by atoms with Gasteiger partial charge >= 0.3 is 0 Å². The minimum absolute atomic E-state index is 0.714. The van der Waals surface area contributed by atoms with Crippen LogP contribution < -0.4 is 5.32 Å². The lowest BCUT2D eigenvalue weighted by molar-refractivity contribution is 0.0995. The molecule has 1 unspecified atom stereocenters. The molecule has 2 heteroatoms. The van der Waals surface area contributed by atoms with Gasteiger partial charge in [-0.05, 0) is 58.5 Å². The van der Waals surface area contributed by atoms with Crippen LogP contribution in [-0.4, -0.2) is 36.6 Å². The molecule has 0 amide bonds. The third-order valence-electron chi connectivity index (χ3n) is 5.07. The summed E-state index contributed by atoms with van der Waals surface area (Å²) in [6, 6.07) is 1.58. The lowest BCUT2D eigenvalue weighted by Gasteiger charge is -2.39. The molecule has 0 aromatic heterocycles. The molecule has 2 nitrogen and oxygen atoms in total. The Balaban J connectivity index is 1.88. The summed E-state index contributed by atoms with van der Waals surface area (Å²) in [6.45, 7) is 8.61. The van der Waals surface area contributed by atoms with Gasteiger partial charge in [-0.25, -0.2) is 0 Å². The van der Waals surface area contributed by atoms with Crippen molar-refractivity contribution in [2.24, 2.45) is 5.92 Å². The fourth-order valence-corrected chi connectivity index (χ4v) is 3.93. The average molecular weight is 266 g/mol. The minimum Gasteiger partial charge on any atom is -0.316 e. The Kier molecular flexibility index (Phi) is 6.66. The van der Waals surface area contributed by atoms with Gasteiger partial charge in [0.2, 0.25) is 0 Å². The SMILES string of the molecule is CC(C)N(CC1CCCNC1)C1CCCCCCC1. The molecule has 1 aliphatic heterocycles. The average Bonchev–Trinajstić information content (AvgIpc) is 2.37. The molecular weight excluding hydrogens is 232 g/mol. The first-order chi connectivity index (χ1) is 9.27. The molecule has 0 bridgehead atoms. The molecule has 2 rings (SSSR count). The molecule has 2 fully saturated rings. The van der Waals surface area contributed by atoms with Crippen molar-refractivity contribution in [2.75, 3.05) is 19.6 Å². The highest BCUT2D eigenvalue weighted by molar-refractivity contribution is 4.81. The maximum atomic E-state index is 3.58. The van der Waals surface area contributed by atoms with Gasteiger partial charge in [-0.15, -0.1) is 0 Å². The first-order valence-electron chi connectivity index (χ1n) is 8.74. The Morgan fingerprint density at radius 1 is 0.947 bits per heavy atom. The normalized spacial score (nSPS) is 27.5. The smallest absolute Gasteiger partial charge is 0.00980 e. The summed E-state index contributed by atoms with van der Waals surface area (Å²) in [6.07, 6.45) is 13.0. The highest BCUT2D eigenvalue weighted by Gasteiger charge is 2.25. The predicted octanol–water partition coefficient (Wildman–Crippen LogP) is 3.81. The van der Waals surface area contributed by atoms with Gasteiger partial charge in [0, 0.05) is 18.6 Å². The lowest BCUT2D eigenvalue weighted by Crippen LogP contribution is -2.46. The Labute approximate surface area is 120 Å². The van der Waals surface area contributed by atoms with Crippen molar-refractivity contribution in [1.82, 2.24) is 10.2 Å². The van der Waals surface area contributed by atoms with Gasteiger partial charge in [0.05, 0.1) is 0 Å². The van der Waals surface area contributed by atoms with Crippen LogP contribution in [-0.2, 0) is 0 Å². The van der Waals surface area contributed by atoms with E-state index in [-0.39, 0.29) is 0 Å². The second-order valence-electron chi connectivity index (χ2n) is 7.00. The third-order valence-corrected chi connectivity index (χ3v) is 5.07. The molecule has 112 valence electrons. The van der Waals surface area contributed by atoms with E-state index in [9.17, 15) is 0 Å². The molecule has 0 aromatic rings. The summed E-state index contributed by atoms with van der Waals surface area (Å²) in [5, 5.41) is 3.58. The minimum atomic E-state index is 0.714. The van der Waals surface area contributed by atoms with Gasteiger partial charge in [0.1, 0.15) is 0 Å². The zero-order valence-corrected chi connectivity index (χ0v) is 13.2. The van der Waals surface area contributed by atoms with Gasteiger partial charge < -0.3 is 5.32 Å². The van der Waals surface area contributed by atoms with Crippen LogP contribution in [0, 0.1) is 5.92 Å². The zero-order chi connectivity index (χ0) is 13.5. The van der Waals surface area contributed by atoms with Crippen molar-refractivity contribution in [2.45, 2.75) is 83.7 Å². The van der Waals surface area contributed by atoms with Crippen molar-refractivity contribution in [3.8, 4) is 0 Å². The standard InChI is InChI=1S/C17H34N2/c1-15(2)19(14-16-9-8-12-18-13-16)17-10-6-4-3-5-7-11-17/h15-18H,3-14H2,1-2H3. The lowest BCUT2D eigenvalue weighted by atomic mass is 9.92. The number of nitrogens with one attached hydrogen (secondary N) is 1. The molecule has 0 radical (unpaired) electrons. The van der Waals surface area contributed by atoms with Crippen LogP contribution in [0.1, 0.15) is 71.6 Å². The van der Waals surface area contributed by atoms with Crippen LogP contribution in [0.15, 0.2) is 0 Å². The summed E-state index contributed by atoms with van der Waals surface area (Å²) < 4.78 is 0. The topological polar surface area (TPSA) is 15.3 Å². The first kappa shape index (κ1) is 15.3. The van der Waals surface area contributed by atoms with E-state index in [0.29, 0.717) is 6.04 Å². The largest absolute Gasteiger partial charge is 0.316 e. The Morgan fingerprint density at radius 2 is 1.63 bits per heavy atom. The summed E-state index contributed by atoms with van der Waals surface area (Å²) in [5.41, 5.74) is 0. The maximum Gasteiger partial charge on any atom is 0.00980 e. The van der Waals surface area contributed by atoms with E-state index in [0.717, 1.165) is 12.0 Å². The van der Waals surface area contributed by atoms with E-state index in [1.807, 2.05) is 0 Å². The van der Waals surface area contributed by atoms with Crippen molar-refractivity contribution in [1.29, 1.82) is 0 Å². The summed E-state index contributed by atoms with van der Waals surface area (Å²) in [5.74, 6) is 0.890. The quantitative estimate of drug-likeness (QED) is 0.832. The monoisotopic (exact) mass is 266 g/mol. The van der Waals surface area contributed by atoms with E-state index in [2.05, 4.69) is 24.1 Å². The molecule has 1 aliphatic carbocycles. The molecular formula is C17H34N2. The molecule has 0 aromatic carbocycles. The number of rotatable bonds is 4. The fourth-order valence-electron chi connectivity index (χ4n) is 3.93. The van der Waals surface area contributed by atoms with Crippen LogP contribution in [0.25, 0.3) is 0 Å². The number of hydrogen-bond donors (Lipinski definition) is 1. The van der Waals surface area contributed by atoms with Gasteiger partial charge in [-0.3, -0.25) is 4.90 Å². The van der Waals surface area contributed by atoms with Crippen LogP contribution in [0.5, 0.6) is 0 Å². The number of hydrogen-bond acceptors (Lipinski definition) is 2. The summed E-state index contributed by atoms with van der Waals surface area (Å²) >= 11 is 0. The summed E-state index contributed by atoms with van der Waals surface area (Å²) in [7, 11) is 0. The first-order valence-corrected chi connectivity index (χ1v) is 8.74. The van der Waals surface area contributed by atoms with Gasteiger partial charge in [0.15, 0.2) is 0 Å². The third kappa shape index (κ3) is 5.07. The highest BCUT2D eigenvalue weighted by Crippen LogP contribution is 2.25. The van der Waals surface area contributed by atoms with Crippen molar-refractivity contribution < 1.29 is 0 Å². The van der Waals surface area contributed by atoms with Crippen LogP contribution >= 0.6 is 0 Å². The molecule has 19 heavy (non-hydrogen) atoms. The van der Waals surface area contributed by atoms with Crippen molar-refractivity contribution >= 4 is 0 Å². The Bertz CT molecular complexity index is 225. The number of nitrogens with zero attached hydrogens (tertiary/aromatic N) is 1. The molecule has 1 saturated carbocycles. The van der Waals surface area contributed by atoms with E-state index < -0.39 is 0 Å². The molecule has 0 spiro atoms. The van der Waals surface area contributed by atoms with Gasteiger partial charge in [0.25, 0.3) is 0 Å². The zero-order valence-electron chi connectivity index (χ0n) is 13.2. The van der Waals surface area contributed by atoms with E-state index in [1.54, 1.807) is 0 Å². The molecule has 1 saturated heterocycles. The predicted molar refractivity (Wildman–Crippen MR) is 83.5 cm³/mol. The summed E-state index contributed by atoms with van der Waals surface area (Å²) in [4.78, 5) is 2.84. The molecule has 1 N–H and O–H groups in total. The maximum absolute atomic E-state index is 3.58. The second kappa shape index (κ2) is 8.26. The van der Waals surface area contributed by atoms with Crippen LogP contribution in [0.4, 0.5) is 0 Å². The molecule has 1 heterocycles. The van der Waals surface area contributed by atoms with Gasteiger partial charge in [-0.2, -0.15) is 0 Å². The van der Waals surface area contributed by atoms with E-state index >= 15 is 0 Å². The fraction of sp³-hybridized carbons (Fsp3) is 1.00. The van der Waals surface area contributed by atoms with Crippen molar-refractivity contribution in [3.05, 3.63) is 0 Å². The highest BCUT2D eigenvalue weighted by atomic mass is 15.2. The molecule has 1 atom stereocenters. The van der Waals surface area contributed by atoms with Crippen LogP contribution in [0.2, 0.25) is 0 Å². The van der Waals surface area contributed by atoms with Crippen LogP contribution in [0.3, 0.4) is 0 Å². The Morgan fingerprint density at radius 3 is 2.21 bits per heavy atom. The second-order valence-corrected chi connectivity index (χ2v) is 7.00. The van der Waals surface area contributed by atoms with Gasteiger partial charge in [-0.1, -0.05) is 32.1 Å². The van der Waals surface area contributed by atoms with Crippen molar-refractivity contribution in [3.63, 3.8) is 0 Å². The molecule has 2 aliphatic rings. The number of piperidine rings is 1. The van der Waals surface area contributed by atoms with E-state index in [1.165, 1.54) is 77.4 Å².